The van der Waals surface area contributed by atoms with E-state index in [9.17, 15) is 0 Å². The number of para-hydroxylation sites is 4. The Bertz CT molecular complexity index is 2920. The molecule has 0 N–H and O–H groups in total. The number of hydrogen-bond donors (Lipinski definition) is 0. The Balaban J connectivity index is 1.02. The zero-order valence-electron chi connectivity index (χ0n) is 30.6. The summed E-state index contributed by atoms with van der Waals surface area (Å²) in [5.41, 5.74) is 14.6. The normalized spacial score (nSPS) is 15.9. The number of benzene rings is 7. The van der Waals surface area contributed by atoms with E-state index in [1.165, 1.54) is 49.9 Å². The lowest BCUT2D eigenvalue weighted by Gasteiger charge is -2.31. The molecule has 4 nitrogen and oxygen atoms in total. The van der Waals surface area contributed by atoms with Gasteiger partial charge >= 0.3 is 0 Å². The molecule has 0 fully saturated rings. The fourth-order valence-corrected chi connectivity index (χ4v) is 8.79. The molecule has 0 radical (unpaired) electrons. The molecule has 2 aliphatic rings. The number of rotatable bonds is 6. The summed E-state index contributed by atoms with van der Waals surface area (Å²) < 4.78 is 2.40. The maximum Gasteiger partial charge on any atom is 0.160 e. The average molecular weight is 717 g/mol. The fraction of sp³-hybridized carbons (Fsp3) is 0.0385. The summed E-state index contributed by atoms with van der Waals surface area (Å²) in [7, 11) is 0. The van der Waals surface area contributed by atoms with Crippen LogP contribution in [0.25, 0.3) is 67.0 Å². The summed E-state index contributed by atoms with van der Waals surface area (Å²) in [4.78, 5) is 12.8. The lowest BCUT2D eigenvalue weighted by Crippen LogP contribution is -2.29. The Kier molecular flexibility index (Phi) is 7.59. The first-order chi connectivity index (χ1) is 27.8. The molecular weight excluding hydrogens is 681 g/mol. The summed E-state index contributed by atoms with van der Waals surface area (Å²) in [6, 6.07) is 66.9. The molecule has 1 aliphatic heterocycles. The highest BCUT2D eigenvalue weighted by Gasteiger charge is 2.39. The summed E-state index contributed by atoms with van der Waals surface area (Å²) in [5, 5.41) is 2.52. The molecule has 7 aromatic carbocycles. The van der Waals surface area contributed by atoms with Gasteiger partial charge in [0.25, 0.3) is 0 Å². The van der Waals surface area contributed by atoms with Gasteiger partial charge in [0, 0.05) is 44.8 Å². The van der Waals surface area contributed by atoms with E-state index in [1.807, 2.05) is 24.3 Å². The minimum absolute atomic E-state index is 0.0980. The van der Waals surface area contributed by atoms with Crippen LogP contribution in [0.15, 0.2) is 206 Å². The van der Waals surface area contributed by atoms with E-state index in [2.05, 4.69) is 191 Å². The number of allylic oxidation sites excluding steroid dienone is 2. The van der Waals surface area contributed by atoms with E-state index in [1.54, 1.807) is 0 Å². The van der Waals surface area contributed by atoms with Crippen molar-refractivity contribution in [2.75, 3.05) is 4.90 Å². The lowest BCUT2D eigenvalue weighted by atomic mass is 9.86. The van der Waals surface area contributed by atoms with E-state index in [0.717, 1.165) is 33.8 Å². The molecule has 2 unspecified atom stereocenters. The van der Waals surface area contributed by atoms with Crippen LogP contribution in [0.5, 0.6) is 0 Å². The predicted molar refractivity (Wildman–Crippen MR) is 231 cm³/mol. The first-order valence-corrected chi connectivity index (χ1v) is 19.2. The Morgan fingerprint density at radius 2 is 1.11 bits per heavy atom. The van der Waals surface area contributed by atoms with Crippen LogP contribution in [0.2, 0.25) is 0 Å². The van der Waals surface area contributed by atoms with Crippen molar-refractivity contribution >= 4 is 38.8 Å². The van der Waals surface area contributed by atoms with Crippen LogP contribution >= 0.6 is 0 Å². The van der Waals surface area contributed by atoms with Crippen LogP contribution < -0.4 is 4.90 Å². The Morgan fingerprint density at radius 3 is 1.93 bits per heavy atom. The molecule has 0 spiro atoms. The third-order valence-electron chi connectivity index (χ3n) is 11.3. The van der Waals surface area contributed by atoms with Crippen LogP contribution in [-0.4, -0.2) is 20.6 Å². The van der Waals surface area contributed by atoms with Gasteiger partial charge in [0.1, 0.15) is 0 Å². The molecule has 264 valence electrons. The van der Waals surface area contributed by atoms with Crippen LogP contribution in [0.1, 0.15) is 17.0 Å². The average Bonchev–Trinajstić information content (AvgIpc) is 3.79. The quantitative estimate of drug-likeness (QED) is 0.172. The van der Waals surface area contributed by atoms with Crippen molar-refractivity contribution in [3.63, 3.8) is 0 Å². The number of anilines is 2. The Hall–Kier alpha value is -7.30. The zero-order valence-corrected chi connectivity index (χ0v) is 30.6. The Labute approximate surface area is 326 Å². The van der Waals surface area contributed by atoms with Gasteiger partial charge in [-0.1, -0.05) is 164 Å². The van der Waals surface area contributed by atoms with Gasteiger partial charge in [0.05, 0.1) is 34.2 Å². The van der Waals surface area contributed by atoms with Crippen molar-refractivity contribution in [1.82, 2.24) is 14.5 Å². The van der Waals surface area contributed by atoms with E-state index in [-0.39, 0.29) is 12.0 Å². The van der Waals surface area contributed by atoms with Crippen molar-refractivity contribution in [3.8, 4) is 39.6 Å². The highest BCUT2D eigenvalue weighted by atomic mass is 15.2. The third kappa shape index (κ3) is 5.30. The topological polar surface area (TPSA) is 34.0 Å². The standard InChI is InChI=1S/C52H36N4/c1-4-16-35(17-5-1)45-34-46(54-52(53-45)36-18-6-2-7-19-36)43-24-12-15-27-49(43)56-48-26-14-11-23-41(48)44-32-37(29-31-50(44)56)38-28-30-42-40-22-10-13-25-47(40)55(51(42)33-38)39-20-8-3-9-21-39/h1-34,44,50H. The van der Waals surface area contributed by atoms with Crippen LogP contribution in [0.3, 0.4) is 0 Å². The van der Waals surface area contributed by atoms with E-state index in [0.29, 0.717) is 5.82 Å². The van der Waals surface area contributed by atoms with Crippen LogP contribution in [0, 0.1) is 0 Å². The van der Waals surface area contributed by atoms with Crippen molar-refractivity contribution in [2.45, 2.75) is 12.0 Å². The molecule has 0 saturated heterocycles. The monoisotopic (exact) mass is 716 g/mol. The predicted octanol–water partition coefficient (Wildman–Crippen LogP) is 12.8. The zero-order chi connectivity index (χ0) is 37.0. The second kappa shape index (κ2) is 13.2. The van der Waals surface area contributed by atoms with Crippen molar-refractivity contribution in [1.29, 1.82) is 0 Å². The molecule has 3 heterocycles. The second-order valence-corrected chi connectivity index (χ2v) is 14.6. The smallest absolute Gasteiger partial charge is 0.160 e. The highest BCUT2D eigenvalue weighted by molar-refractivity contribution is 6.10. The molecular formula is C52H36N4. The van der Waals surface area contributed by atoms with E-state index in [4.69, 9.17) is 9.97 Å². The first-order valence-electron chi connectivity index (χ1n) is 19.2. The van der Waals surface area contributed by atoms with Gasteiger partial charge < -0.3 is 9.47 Å². The summed E-state index contributed by atoms with van der Waals surface area (Å²) in [6.45, 7) is 0. The number of aromatic nitrogens is 3. The van der Waals surface area contributed by atoms with Gasteiger partial charge in [0.2, 0.25) is 0 Å². The summed E-state index contributed by atoms with van der Waals surface area (Å²) in [6.07, 6.45) is 7.21. The van der Waals surface area contributed by atoms with Crippen LogP contribution in [0.4, 0.5) is 11.4 Å². The molecule has 4 heteroatoms. The third-order valence-corrected chi connectivity index (χ3v) is 11.3. The molecule has 2 aromatic heterocycles. The highest BCUT2D eigenvalue weighted by Crippen LogP contribution is 2.51. The maximum atomic E-state index is 5.24. The molecule has 0 bridgehead atoms. The van der Waals surface area contributed by atoms with Gasteiger partial charge in [-0.15, -0.1) is 0 Å². The second-order valence-electron chi connectivity index (χ2n) is 14.6. The SMILES string of the molecule is C1=CC2C(C=C1c1ccc3c4ccccc4n(-c4ccccc4)c3c1)c1ccccc1N2c1ccccc1-c1cc(-c2ccccc2)nc(-c2ccccc2)n1. The first kappa shape index (κ1) is 32.2. The van der Waals surface area contributed by atoms with Gasteiger partial charge in [-0.3, -0.25) is 0 Å². The largest absolute Gasteiger partial charge is 0.333 e. The van der Waals surface area contributed by atoms with E-state index < -0.39 is 0 Å². The molecule has 0 saturated carbocycles. The van der Waals surface area contributed by atoms with Crippen molar-refractivity contribution in [2.24, 2.45) is 0 Å². The van der Waals surface area contributed by atoms with Crippen molar-refractivity contribution < 1.29 is 0 Å². The van der Waals surface area contributed by atoms with E-state index >= 15 is 0 Å². The molecule has 9 aromatic rings. The fourth-order valence-electron chi connectivity index (χ4n) is 8.79. The lowest BCUT2D eigenvalue weighted by molar-refractivity contribution is 0.747. The molecule has 2 atom stereocenters. The van der Waals surface area contributed by atoms with Gasteiger partial charge in [-0.25, -0.2) is 9.97 Å². The molecule has 11 rings (SSSR count). The summed E-state index contributed by atoms with van der Waals surface area (Å²) in [5.74, 6) is 0.880. The number of fused-ring (bicyclic) bond motifs is 6. The molecule has 0 amide bonds. The Morgan fingerprint density at radius 1 is 0.464 bits per heavy atom. The maximum absolute atomic E-state index is 5.24. The molecule has 1 aliphatic carbocycles. The number of nitrogens with zero attached hydrogens (tertiary/aromatic N) is 4. The summed E-state index contributed by atoms with van der Waals surface area (Å²) >= 11 is 0. The minimum Gasteiger partial charge on any atom is -0.333 e. The minimum atomic E-state index is 0.0980. The van der Waals surface area contributed by atoms with Gasteiger partial charge in [-0.2, -0.15) is 0 Å². The van der Waals surface area contributed by atoms with Crippen LogP contribution in [-0.2, 0) is 0 Å². The van der Waals surface area contributed by atoms with Gasteiger partial charge in [-0.05, 0) is 59.2 Å². The van der Waals surface area contributed by atoms with Crippen molar-refractivity contribution in [3.05, 3.63) is 217 Å². The van der Waals surface area contributed by atoms with Gasteiger partial charge in [0.15, 0.2) is 5.82 Å². The molecule has 56 heavy (non-hydrogen) atoms. The number of hydrogen-bond acceptors (Lipinski definition) is 3.